The van der Waals surface area contributed by atoms with Crippen LogP contribution in [0, 0.1) is 11.8 Å². The van der Waals surface area contributed by atoms with Crippen molar-refractivity contribution in [3.63, 3.8) is 0 Å². The van der Waals surface area contributed by atoms with Crippen LogP contribution in [0.2, 0.25) is 0 Å². The summed E-state index contributed by atoms with van der Waals surface area (Å²) in [7, 11) is 0. The van der Waals surface area contributed by atoms with Gasteiger partial charge in [-0.2, -0.15) is 0 Å². The third-order valence-corrected chi connectivity index (χ3v) is 3.20. The molecule has 0 amide bonds. The molecule has 0 bridgehead atoms. The number of hydrogen-bond donors (Lipinski definition) is 0. The Kier molecular flexibility index (Phi) is 1.86. The summed E-state index contributed by atoms with van der Waals surface area (Å²) in [5.74, 6) is -2.32. The first kappa shape index (κ1) is 8.42. The Balaban J connectivity index is 1.85. The Bertz CT molecular complexity index is 181. The molecule has 3 heteroatoms. The second kappa shape index (κ2) is 2.66. The normalized spacial score (nSPS) is 40.2. The smallest absolute Gasteiger partial charge is 0.251 e. The first-order valence-electron chi connectivity index (χ1n) is 4.73. The van der Waals surface area contributed by atoms with Crippen molar-refractivity contribution in [3.8, 4) is 0 Å². The zero-order valence-electron chi connectivity index (χ0n) is 7.39. The van der Waals surface area contributed by atoms with Crippen molar-refractivity contribution in [1.29, 1.82) is 0 Å². The average Bonchev–Trinajstić information content (AvgIpc) is 2.52. The third-order valence-electron chi connectivity index (χ3n) is 3.20. The SMILES string of the molecule is CCN1CCC(C2CC2(F)F)C1. The van der Waals surface area contributed by atoms with Crippen LogP contribution in [-0.4, -0.2) is 30.5 Å². The minimum Gasteiger partial charge on any atom is -0.303 e. The highest BCUT2D eigenvalue weighted by atomic mass is 19.3. The fourth-order valence-corrected chi connectivity index (χ4v) is 2.22. The van der Waals surface area contributed by atoms with Gasteiger partial charge in [0.15, 0.2) is 0 Å². The van der Waals surface area contributed by atoms with E-state index in [1.54, 1.807) is 0 Å². The minimum atomic E-state index is -2.31. The third kappa shape index (κ3) is 1.35. The highest BCUT2D eigenvalue weighted by molar-refractivity contribution is 5.01. The van der Waals surface area contributed by atoms with Crippen LogP contribution in [0.1, 0.15) is 19.8 Å². The minimum absolute atomic E-state index is 0.148. The molecule has 0 aromatic carbocycles. The maximum absolute atomic E-state index is 12.7. The van der Waals surface area contributed by atoms with Crippen LogP contribution in [-0.2, 0) is 0 Å². The van der Waals surface area contributed by atoms with E-state index in [9.17, 15) is 8.78 Å². The zero-order valence-corrected chi connectivity index (χ0v) is 7.39. The zero-order chi connectivity index (χ0) is 8.77. The summed E-state index contributed by atoms with van der Waals surface area (Å²) in [6, 6.07) is 0. The van der Waals surface area contributed by atoms with Crippen molar-refractivity contribution in [2.24, 2.45) is 11.8 Å². The molecular formula is C9H15F2N. The van der Waals surface area contributed by atoms with Crippen LogP contribution < -0.4 is 0 Å². The molecule has 70 valence electrons. The van der Waals surface area contributed by atoms with Crippen molar-refractivity contribution in [3.05, 3.63) is 0 Å². The van der Waals surface area contributed by atoms with Gasteiger partial charge in [-0.15, -0.1) is 0 Å². The Morgan fingerprint density at radius 1 is 1.50 bits per heavy atom. The van der Waals surface area contributed by atoms with Crippen LogP contribution in [0.3, 0.4) is 0 Å². The van der Waals surface area contributed by atoms with Crippen molar-refractivity contribution in [2.45, 2.75) is 25.7 Å². The van der Waals surface area contributed by atoms with E-state index in [1.807, 2.05) is 0 Å². The molecule has 1 aliphatic heterocycles. The van der Waals surface area contributed by atoms with E-state index in [4.69, 9.17) is 0 Å². The van der Waals surface area contributed by atoms with Gasteiger partial charge in [0, 0.05) is 18.9 Å². The second-order valence-electron chi connectivity index (χ2n) is 4.01. The van der Waals surface area contributed by atoms with Crippen molar-refractivity contribution in [1.82, 2.24) is 4.90 Å². The monoisotopic (exact) mass is 175 g/mol. The summed E-state index contributed by atoms with van der Waals surface area (Å²) >= 11 is 0. The molecule has 12 heavy (non-hydrogen) atoms. The molecule has 1 nitrogen and oxygen atoms in total. The topological polar surface area (TPSA) is 3.24 Å². The van der Waals surface area contributed by atoms with Crippen LogP contribution >= 0.6 is 0 Å². The fraction of sp³-hybridized carbons (Fsp3) is 1.00. The number of rotatable bonds is 2. The van der Waals surface area contributed by atoms with Crippen LogP contribution in [0.25, 0.3) is 0 Å². The van der Waals surface area contributed by atoms with Crippen LogP contribution in [0.5, 0.6) is 0 Å². The molecule has 0 radical (unpaired) electrons. The van der Waals surface area contributed by atoms with Gasteiger partial charge in [-0.3, -0.25) is 0 Å². The van der Waals surface area contributed by atoms with E-state index in [-0.39, 0.29) is 18.3 Å². The number of alkyl halides is 2. The summed E-state index contributed by atoms with van der Waals surface area (Å²) < 4.78 is 25.3. The summed E-state index contributed by atoms with van der Waals surface area (Å²) in [4.78, 5) is 2.26. The molecule has 2 unspecified atom stereocenters. The molecular weight excluding hydrogens is 160 g/mol. The predicted octanol–water partition coefficient (Wildman–Crippen LogP) is 1.98. The van der Waals surface area contributed by atoms with Crippen molar-refractivity contribution < 1.29 is 8.78 Å². The van der Waals surface area contributed by atoms with Gasteiger partial charge in [0.2, 0.25) is 0 Å². The lowest BCUT2D eigenvalue weighted by atomic mass is 10.0. The van der Waals surface area contributed by atoms with Gasteiger partial charge in [0.25, 0.3) is 5.92 Å². The summed E-state index contributed by atoms with van der Waals surface area (Å²) in [5.41, 5.74) is 0. The Morgan fingerprint density at radius 2 is 2.17 bits per heavy atom. The highest BCUT2D eigenvalue weighted by Gasteiger charge is 2.60. The molecule has 0 N–H and O–H groups in total. The van der Waals surface area contributed by atoms with Gasteiger partial charge < -0.3 is 4.90 Å². The molecule has 0 aromatic heterocycles. The van der Waals surface area contributed by atoms with Gasteiger partial charge >= 0.3 is 0 Å². The summed E-state index contributed by atoms with van der Waals surface area (Å²) in [6.07, 6.45) is 1.13. The largest absolute Gasteiger partial charge is 0.303 e. The molecule has 2 fully saturated rings. The molecule has 2 atom stereocenters. The molecule has 2 rings (SSSR count). The molecule has 0 spiro atoms. The summed E-state index contributed by atoms with van der Waals surface area (Å²) in [6.45, 7) is 5.02. The van der Waals surface area contributed by atoms with Gasteiger partial charge in [-0.05, 0) is 25.4 Å². The molecule has 1 saturated carbocycles. The van der Waals surface area contributed by atoms with E-state index >= 15 is 0 Å². The van der Waals surface area contributed by atoms with Gasteiger partial charge in [0.1, 0.15) is 0 Å². The quantitative estimate of drug-likeness (QED) is 0.620. The van der Waals surface area contributed by atoms with E-state index in [0.717, 1.165) is 26.1 Å². The fourth-order valence-electron chi connectivity index (χ4n) is 2.22. The molecule has 2 aliphatic rings. The van der Waals surface area contributed by atoms with Gasteiger partial charge in [0.05, 0.1) is 0 Å². The first-order chi connectivity index (χ1) is 5.63. The Hall–Kier alpha value is -0.180. The lowest BCUT2D eigenvalue weighted by Gasteiger charge is -2.12. The highest BCUT2D eigenvalue weighted by Crippen LogP contribution is 2.54. The number of likely N-dealkylation sites (tertiary alicyclic amines) is 1. The van der Waals surface area contributed by atoms with E-state index in [0.29, 0.717) is 0 Å². The van der Waals surface area contributed by atoms with E-state index in [1.165, 1.54) is 0 Å². The molecule has 1 heterocycles. The molecule has 1 saturated heterocycles. The molecule has 1 aliphatic carbocycles. The van der Waals surface area contributed by atoms with Gasteiger partial charge in [-0.25, -0.2) is 8.78 Å². The van der Waals surface area contributed by atoms with E-state index < -0.39 is 5.92 Å². The maximum atomic E-state index is 12.7. The van der Waals surface area contributed by atoms with Gasteiger partial charge in [-0.1, -0.05) is 6.92 Å². The summed E-state index contributed by atoms with van der Waals surface area (Å²) in [5, 5.41) is 0. The standard InChI is InChI=1S/C9H15F2N/c1-2-12-4-3-7(6-12)8-5-9(8,10)11/h7-8H,2-6H2,1H3. The maximum Gasteiger partial charge on any atom is 0.251 e. The Labute approximate surface area is 71.7 Å². The second-order valence-corrected chi connectivity index (χ2v) is 4.01. The number of halogens is 2. The lowest BCUT2D eigenvalue weighted by molar-refractivity contribution is 0.0854. The first-order valence-corrected chi connectivity index (χ1v) is 4.73. The predicted molar refractivity (Wildman–Crippen MR) is 43.3 cm³/mol. The average molecular weight is 175 g/mol. The van der Waals surface area contributed by atoms with Crippen LogP contribution in [0.15, 0.2) is 0 Å². The number of hydrogen-bond acceptors (Lipinski definition) is 1. The lowest BCUT2D eigenvalue weighted by Crippen LogP contribution is -2.21. The van der Waals surface area contributed by atoms with Crippen LogP contribution in [0.4, 0.5) is 8.78 Å². The van der Waals surface area contributed by atoms with Crippen molar-refractivity contribution >= 4 is 0 Å². The molecule has 0 aromatic rings. The Morgan fingerprint density at radius 3 is 2.58 bits per heavy atom. The number of nitrogens with zero attached hydrogens (tertiary/aromatic N) is 1. The van der Waals surface area contributed by atoms with Crippen molar-refractivity contribution in [2.75, 3.05) is 19.6 Å². The van der Waals surface area contributed by atoms with E-state index in [2.05, 4.69) is 11.8 Å².